The van der Waals surface area contributed by atoms with E-state index in [2.05, 4.69) is 27.8 Å². The van der Waals surface area contributed by atoms with Crippen molar-refractivity contribution in [3.63, 3.8) is 0 Å². The highest BCUT2D eigenvalue weighted by Gasteiger charge is 2.37. The van der Waals surface area contributed by atoms with Crippen molar-refractivity contribution in [2.75, 3.05) is 6.61 Å². The van der Waals surface area contributed by atoms with Gasteiger partial charge in [-0.25, -0.2) is 9.97 Å². The molecule has 0 amide bonds. The van der Waals surface area contributed by atoms with Crippen LogP contribution in [-0.4, -0.2) is 16.6 Å². The number of nitrogens with zero attached hydrogens (tertiary/aromatic N) is 2. The summed E-state index contributed by atoms with van der Waals surface area (Å²) >= 11 is 9.84. The summed E-state index contributed by atoms with van der Waals surface area (Å²) in [5.41, 5.74) is 0.647. The Morgan fingerprint density at radius 3 is 2.38 bits per heavy atom. The molecule has 0 spiro atoms. The predicted octanol–water partition coefficient (Wildman–Crippen LogP) is 5.43. The van der Waals surface area contributed by atoms with Gasteiger partial charge in [-0.1, -0.05) is 50.6 Å². The van der Waals surface area contributed by atoms with Crippen LogP contribution < -0.4 is 0 Å². The Bertz CT molecular complexity index is 474. The van der Waals surface area contributed by atoms with Gasteiger partial charge in [-0.15, -0.1) is 0 Å². The average molecular weight is 376 g/mol. The molecule has 0 aromatic carbocycles. The van der Waals surface area contributed by atoms with Gasteiger partial charge in [0.15, 0.2) is 5.82 Å². The Morgan fingerprint density at radius 2 is 1.81 bits per heavy atom. The molecule has 5 heteroatoms. The second-order valence-corrected chi connectivity index (χ2v) is 6.84. The van der Waals surface area contributed by atoms with Gasteiger partial charge in [-0.05, 0) is 42.1 Å². The van der Waals surface area contributed by atoms with E-state index in [4.69, 9.17) is 21.3 Å². The standard InChI is InChI=1S/C16H24BrClN2O/c1-3-9-12-13(17)14(18)20-15(19-12)16(21-4-2)10-7-5-6-8-11-16/h3-11H2,1-2H3. The number of halogens is 2. The largest absolute Gasteiger partial charge is 0.367 e. The maximum atomic E-state index is 6.32. The van der Waals surface area contributed by atoms with E-state index in [9.17, 15) is 0 Å². The van der Waals surface area contributed by atoms with Crippen molar-refractivity contribution >= 4 is 27.5 Å². The maximum absolute atomic E-state index is 6.32. The smallest absolute Gasteiger partial charge is 0.162 e. The Kier molecular flexibility index (Phi) is 6.45. The molecule has 1 saturated carbocycles. The van der Waals surface area contributed by atoms with Gasteiger partial charge in [-0.3, -0.25) is 0 Å². The molecule has 1 aromatic heterocycles. The van der Waals surface area contributed by atoms with Crippen LogP contribution in [0.15, 0.2) is 4.47 Å². The van der Waals surface area contributed by atoms with Gasteiger partial charge in [0.25, 0.3) is 0 Å². The second-order valence-electron chi connectivity index (χ2n) is 5.69. The van der Waals surface area contributed by atoms with Crippen LogP contribution in [0.25, 0.3) is 0 Å². The first-order chi connectivity index (χ1) is 10.1. The van der Waals surface area contributed by atoms with Gasteiger partial charge in [0.05, 0.1) is 10.2 Å². The van der Waals surface area contributed by atoms with Crippen LogP contribution in [0.2, 0.25) is 5.15 Å². The Labute approximate surface area is 141 Å². The van der Waals surface area contributed by atoms with E-state index in [-0.39, 0.29) is 5.60 Å². The molecule has 21 heavy (non-hydrogen) atoms. The second kappa shape index (κ2) is 7.89. The summed E-state index contributed by atoms with van der Waals surface area (Å²) < 4.78 is 6.99. The van der Waals surface area contributed by atoms with E-state index in [1.54, 1.807) is 0 Å². The van der Waals surface area contributed by atoms with Crippen molar-refractivity contribution in [3.8, 4) is 0 Å². The average Bonchev–Trinajstić information content (AvgIpc) is 2.71. The summed E-state index contributed by atoms with van der Waals surface area (Å²) in [7, 11) is 0. The van der Waals surface area contributed by atoms with E-state index in [0.717, 1.165) is 41.7 Å². The van der Waals surface area contributed by atoms with Crippen LogP contribution >= 0.6 is 27.5 Å². The highest BCUT2D eigenvalue weighted by atomic mass is 79.9. The van der Waals surface area contributed by atoms with E-state index < -0.39 is 0 Å². The molecule has 0 aliphatic heterocycles. The summed E-state index contributed by atoms with van der Waals surface area (Å²) in [5.74, 6) is 0.780. The summed E-state index contributed by atoms with van der Waals surface area (Å²) in [6, 6.07) is 0. The van der Waals surface area contributed by atoms with Crippen molar-refractivity contribution in [3.05, 3.63) is 21.1 Å². The lowest BCUT2D eigenvalue weighted by molar-refractivity contribution is -0.0626. The SMILES string of the molecule is CCCc1nc(C2(OCC)CCCCCC2)nc(Cl)c1Br. The van der Waals surface area contributed by atoms with Crippen molar-refractivity contribution < 1.29 is 4.74 Å². The zero-order chi connectivity index (χ0) is 15.3. The molecule has 0 radical (unpaired) electrons. The molecule has 1 heterocycles. The third kappa shape index (κ3) is 3.96. The molecule has 118 valence electrons. The Balaban J connectivity index is 2.43. The fourth-order valence-electron chi connectivity index (χ4n) is 3.08. The monoisotopic (exact) mass is 374 g/mol. The first kappa shape index (κ1) is 17.2. The number of rotatable bonds is 5. The molecular formula is C16H24BrClN2O. The molecule has 3 nitrogen and oxygen atoms in total. The molecule has 0 atom stereocenters. The zero-order valence-electron chi connectivity index (χ0n) is 12.9. The van der Waals surface area contributed by atoms with Crippen LogP contribution in [0.4, 0.5) is 0 Å². The highest BCUT2D eigenvalue weighted by Crippen LogP contribution is 2.39. The van der Waals surface area contributed by atoms with Crippen molar-refractivity contribution in [1.82, 2.24) is 9.97 Å². The topological polar surface area (TPSA) is 35.0 Å². The molecule has 1 aliphatic carbocycles. The highest BCUT2D eigenvalue weighted by molar-refractivity contribution is 9.10. The van der Waals surface area contributed by atoms with Crippen molar-refractivity contribution in [2.24, 2.45) is 0 Å². The minimum Gasteiger partial charge on any atom is -0.367 e. The normalized spacial score (nSPS) is 18.5. The van der Waals surface area contributed by atoms with Crippen molar-refractivity contribution in [2.45, 2.75) is 70.8 Å². The quantitative estimate of drug-likeness (QED) is 0.508. The molecule has 1 aliphatic rings. The first-order valence-electron chi connectivity index (χ1n) is 7.99. The van der Waals surface area contributed by atoms with Gasteiger partial charge in [0.1, 0.15) is 10.8 Å². The van der Waals surface area contributed by atoms with E-state index in [1.165, 1.54) is 25.7 Å². The molecule has 0 bridgehead atoms. The molecule has 1 aromatic rings. The van der Waals surface area contributed by atoms with Crippen LogP contribution in [0.5, 0.6) is 0 Å². The first-order valence-corrected chi connectivity index (χ1v) is 9.16. The fourth-order valence-corrected chi connectivity index (χ4v) is 3.64. The Hall–Kier alpha value is -0.190. The van der Waals surface area contributed by atoms with Crippen molar-refractivity contribution in [1.29, 1.82) is 0 Å². The molecular weight excluding hydrogens is 352 g/mol. The minimum absolute atomic E-state index is 0.349. The maximum Gasteiger partial charge on any atom is 0.162 e. The molecule has 0 unspecified atom stereocenters. The number of hydrogen-bond donors (Lipinski definition) is 0. The van der Waals surface area contributed by atoms with E-state index in [1.807, 2.05) is 6.92 Å². The van der Waals surface area contributed by atoms with Crippen LogP contribution in [0.3, 0.4) is 0 Å². The lowest BCUT2D eigenvalue weighted by Crippen LogP contribution is -2.32. The molecule has 2 rings (SSSR count). The number of aromatic nitrogens is 2. The summed E-state index contributed by atoms with van der Waals surface area (Å²) in [6.45, 7) is 4.87. The lowest BCUT2D eigenvalue weighted by Gasteiger charge is -2.31. The van der Waals surface area contributed by atoms with Gasteiger partial charge in [0.2, 0.25) is 0 Å². The van der Waals surface area contributed by atoms with Gasteiger partial charge in [0, 0.05) is 6.61 Å². The molecule has 0 N–H and O–H groups in total. The summed E-state index contributed by atoms with van der Waals surface area (Å²) in [4.78, 5) is 9.37. The van der Waals surface area contributed by atoms with Gasteiger partial charge >= 0.3 is 0 Å². The van der Waals surface area contributed by atoms with Crippen LogP contribution in [0, 0.1) is 0 Å². The van der Waals surface area contributed by atoms with Gasteiger partial charge < -0.3 is 4.74 Å². The molecule has 1 fully saturated rings. The summed E-state index contributed by atoms with van der Waals surface area (Å²) in [5, 5.41) is 0.506. The third-order valence-corrected chi connectivity index (χ3v) is 5.44. The van der Waals surface area contributed by atoms with Crippen LogP contribution in [0.1, 0.15) is 70.3 Å². The van der Waals surface area contributed by atoms with Gasteiger partial charge in [-0.2, -0.15) is 0 Å². The number of aryl methyl sites for hydroxylation is 1. The minimum atomic E-state index is -0.349. The van der Waals surface area contributed by atoms with E-state index >= 15 is 0 Å². The van der Waals surface area contributed by atoms with Crippen LogP contribution in [-0.2, 0) is 16.8 Å². The number of hydrogen-bond acceptors (Lipinski definition) is 3. The zero-order valence-corrected chi connectivity index (χ0v) is 15.3. The Morgan fingerprint density at radius 1 is 1.14 bits per heavy atom. The third-order valence-electron chi connectivity index (χ3n) is 4.11. The molecule has 0 saturated heterocycles. The van der Waals surface area contributed by atoms with E-state index in [0.29, 0.717) is 11.8 Å². The fraction of sp³-hybridized carbons (Fsp3) is 0.750. The lowest BCUT2D eigenvalue weighted by atomic mass is 9.92. The number of ether oxygens (including phenoxy) is 1. The predicted molar refractivity (Wildman–Crippen MR) is 89.7 cm³/mol. The summed E-state index contributed by atoms with van der Waals surface area (Å²) in [6.07, 6.45) is 8.78.